The van der Waals surface area contributed by atoms with E-state index in [-0.39, 0.29) is 5.97 Å². The van der Waals surface area contributed by atoms with Gasteiger partial charge in [-0.05, 0) is 33.3 Å². The number of ether oxygens (including phenoxy) is 1. The molecular formula is C11H18N2O2. The Kier molecular flexibility index (Phi) is 3.88. The summed E-state index contributed by atoms with van der Waals surface area (Å²) < 4.78 is 6.72. The van der Waals surface area contributed by atoms with E-state index in [1.807, 2.05) is 32.4 Å². The van der Waals surface area contributed by atoms with E-state index in [1.54, 1.807) is 0 Å². The van der Waals surface area contributed by atoms with Crippen LogP contribution in [0.1, 0.15) is 30.3 Å². The summed E-state index contributed by atoms with van der Waals surface area (Å²) in [6.45, 7) is 8.88. The Morgan fingerprint density at radius 1 is 1.40 bits per heavy atom. The van der Waals surface area contributed by atoms with Crippen molar-refractivity contribution < 1.29 is 9.53 Å². The van der Waals surface area contributed by atoms with Gasteiger partial charge in [-0.15, -0.1) is 0 Å². The van der Waals surface area contributed by atoms with Crippen molar-refractivity contribution in [3.63, 3.8) is 0 Å². The fourth-order valence-corrected chi connectivity index (χ4v) is 1.43. The molecule has 0 atom stereocenters. The average molecular weight is 210 g/mol. The Morgan fingerprint density at radius 2 is 2.07 bits per heavy atom. The number of aromatic nitrogens is 2. The Morgan fingerprint density at radius 3 is 2.53 bits per heavy atom. The summed E-state index contributed by atoms with van der Waals surface area (Å²) in [7, 11) is 0. The summed E-state index contributed by atoms with van der Waals surface area (Å²) in [5.74, 6) is -0.164. The third kappa shape index (κ3) is 2.81. The van der Waals surface area contributed by atoms with Crippen LogP contribution in [0.5, 0.6) is 0 Å². The summed E-state index contributed by atoms with van der Waals surface area (Å²) in [6.07, 6.45) is 0.384. The maximum atomic E-state index is 11.2. The van der Waals surface area contributed by atoms with E-state index in [0.29, 0.717) is 19.6 Å². The lowest BCUT2D eigenvalue weighted by atomic mass is 10.2. The second-order valence-corrected chi connectivity index (χ2v) is 3.57. The molecule has 1 rings (SSSR count). The van der Waals surface area contributed by atoms with Gasteiger partial charge in [-0.1, -0.05) is 0 Å². The number of nitrogens with zero attached hydrogens (tertiary/aromatic N) is 2. The highest BCUT2D eigenvalue weighted by Gasteiger charge is 2.08. The van der Waals surface area contributed by atoms with Gasteiger partial charge in [0.2, 0.25) is 0 Å². The van der Waals surface area contributed by atoms with Crippen LogP contribution < -0.4 is 0 Å². The number of rotatable bonds is 4. The largest absolute Gasteiger partial charge is 0.466 e. The quantitative estimate of drug-likeness (QED) is 0.711. The van der Waals surface area contributed by atoms with Gasteiger partial charge in [0.05, 0.1) is 25.3 Å². The van der Waals surface area contributed by atoms with E-state index >= 15 is 0 Å². The molecule has 4 heteroatoms. The van der Waals surface area contributed by atoms with Crippen molar-refractivity contribution in [1.29, 1.82) is 0 Å². The summed E-state index contributed by atoms with van der Waals surface area (Å²) in [5, 5.41) is 4.35. The van der Waals surface area contributed by atoms with Crippen LogP contribution in [0.25, 0.3) is 0 Å². The van der Waals surface area contributed by atoms with Gasteiger partial charge in [-0.3, -0.25) is 9.48 Å². The number of carbonyl (C=O) groups excluding carboxylic acids is 1. The molecule has 15 heavy (non-hydrogen) atoms. The highest BCUT2D eigenvalue weighted by atomic mass is 16.5. The molecule has 1 aromatic rings. The summed E-state index contributed by atoms with van der Waals surface area (Å²) in [6, 6.07) is 0. The molecule has 1 heterocycles. The van der Waals surface area contributed by atoms with E-state index in [9.17, 15) is 4.79 Å². The second-order valence-electron chi connectivity index (χ2n) is 3.57. The normalized spacial score (nSPS) is 10.4. The molecule has 0 aliphatic carbocycles. The minimum atomic E-state index is -0.164. The highest BCUT2D eigenvalue weighted by Crippen LogP contribution is 2.11. The molecule has 0 unspecified atom stereocenters. The zero-order chi connectivity index (χ0) is 11.4. The number of esters is 1. The number of aryl methyl sites for hydroxylation is 2. The van der Waals surface area contributed by atoms with Gasteiger partial charge in [0, 0.05) is 5.69 Å². The molecule has 84 valence electrons. The van der Waals surface area contributed by atoms with Crippen molar-refractivity contribution in [3.8, 4) is 0 Å². The van der Waals surface area contributed by atoms with E-state index in [2.05, 4.69) is 5.10 Å². The van der Waals surface area contributed by atoms with Crippen molar-refractivity contribution in [2.75, 3.05) is 6.61 Å². The van der Waals surface area contributed by atoms with Crippen LogP contribution in [0.2, 0.25) is 0 Å². The molecule has 0 fully saturated rings. The van der Waals surface area contributed by atoms with E-state index in [0.717, 1.165) is 11.4 Å². The topological polar surface area (TPSA) is 44.1 Å². The van der Waals surface area contributed by atoms with Crippen molar-refractivity contribution in [2.45, 2.75) is 40.7 Å². The van der Waals surface area contributed by atoms with Gasteiger partial charge >= 0.3 is 5.97 Å². The minimum Gasteiger partial charge on any atom is -0.466 e. The van der Waals surface area contributed by atoms with Crippen molar-refractivity contribution in [1.82, 2.24) is 9.78 Å². The molecule has 0 aliphatic heterocycles. The lowest BCUT2D eigenvalue weighted by Gasteiger charge is -2.04. The first-order valence-electron chi connectivity index (χ1n) is 5.22. The third-order valence-electron chi connectivity index (χ3n) is 2.58. The first kappa shape index (κ1) is 11.8. The Labute approximate surface area is 90.2 Å². The van der Waals surface area contributed by atoms with Gasteiger partial charge < -0.3 is 4.74 Å². The maximum absolute atomic E-state index is 11.2. The van der Waals surface area contributed by atoms with Gasteiger partial charge in [-0.2, -0.15) is 5.10 Å². The molecule has 0 bridgehead atoms. The van der Waals surface area contributed by atoms with Gasteiger partial charge in [-0.25, -0.2) is 0 Å². The molecule has 0 aromatic carbocycles. The zero-order valence-corrected chi connectivity index (χ0v) is 9.83. The Balaban J connectivity index is 2.58. The first-order chi connectivity index (χ1) is 7.06. The predicted molar refractivity (Wildman–Crippen MR) is 57.7 cm³/mol. The summed E-state index contributed by atoms with van der Waals surface area (Å²) >= 11 is 0. The van der Waals surface area contributed by atoms with Crippen LogP contribution in [-0.2, 0) is 16.1 Å². The molecular weight excluding hydrogens is 192 g/mol. The van der Waals surface area contributed by atoms with Crippen LogP contribution in [0.3, 0.4) is 0 Å². The number of hydrogen-bond donors (Lipinski definition) is 0. The molecule has 0 aliphatic rings. The number of hydrogen-bond acceptors (Lipinski definition) is 3. The zero-order valence-electron chi connectivity index (χ0n) is 9.83. The maximum Gasteiger partial charge on any atom is 0.307 e. The molecule has 0 spiro atoms. The van der Waals surface area contributed by atoms with Gasteiger partial charge in [0.25, 0.3) is 0 Å². The van der Waals surface area contributed by atoms with Crippen molar-refractivity contribution in [2.24, 2.45) is 0 Å². The van der Waals surface area contributed by atoms with Gasteiger partial charge in [0.1, 0.15) is 0 Å². The summed E-state index contributed by atoms with van der Waals surface area (Å²) in [5.41, 5.74) is 3.34. The summed E-state index contributed by atoms with van der Waals surface area (Å²) in [4.78, 5) is 11.2. The predicted octanol–water partition coefficient (Wildman–Crippen LogP) is 1.76. The fourth-order valence-electron chi connectivity index (χ4n) is 1.43. The van der Waals surface area contributed by atoms with Gasteiger partial charge in [0.15, 0.2) is 0 Å². The van der Waals surface area contributed by atoms with E-state index in [4.69, 9.17) is 4.74 Å². The fraction of sp³-hybridized carbons (Fsp3) is 0.636. The molecule has 0 saturated carbocycles. The minimum absolute atomic E-state index is 0.164. The first-order valence-corrected chi connectivity index (χ1v) is 5.22. The molecule has 4 nitrogen and oxygen atoms in total. The number of carbonyl (C=O) groups is 1. The lowest BCUT2D eigenvalue weighted by Crippen LogP contribution is -2.10. The smallest absolute Gasteiger partial charge is 0.307 e. The SMILES string of the molecule is CCOC(=O)CCn1nc(C)c(C)c1C. The Bertz CT molecular complexity index is 356. The molecule has 0 saturated heterocycles. The molecule has 1 aromatic heterocycles. The van der Waals surface area contributed by atoms with Crippen LogP contribution in [0.4, 0.5) is 0 Å². The van der Waals surface area contributed by atoms with Crippen LogP contribution in [0, 0.1) is 20.8 Å². The standard InChI is InChI=1S/C11H18N2O2/c1-5-15-11(14)6-7-13-10(4)8(2)9(3)12-13/h5-7H2,1-4H3. The third-order valence-corrected chi connectivity index (χ3v) is 2.58. The Hall–Kier alpha value is -1.32. The highest BCUT2D eigenvalue weighted by molar-refractivity contribution is 5.69. The molecule has 0 radical (unpaired) electrons. The second kappa shape index (κ2) is 4.96. The van der Waals surface area contributed by atoms with Crippen LogP contribution in [0.15, 0.2) is 0 Å². The van der Waals surface area contributed by atoms with Crippen LogP contribution >= 0.6 is 0 Å². The monoisotopic (exact) mass is 210 g/mol. The van der Waals surface area contributed by atoms with Crippen LogP contribution in [-0.4, -0.2) is 22.4 Å². The van der Waals surface area contributed by atoms with E-state index in [1.165, 1.54) is 5.56 Å². The van der Waals surface area contributed by atoms with Crippen molar-refractivity contribution >= 4 is 5.97 Å². The lowest BCUT2D eigenvalue weighted by molar-refractivity contribution is -0.143. The average Bonchev–Trinajstić information content (AvgIpc) is 2.43. The molecule has 0 N–H and O–H groups in total. The van der Waals surface area contributed by atoms with E-state index < -0.39 is 0 Å². The van der Waals surface area contributed by atoms with Crippen molar-refractivity contribution in [3.05, 3.63) is 17.0 Å². The molecule has 0 amide bonds.